The van der Waals surface area contributed by atoms with E-state index in [4.69, 9.17) is 0 Å². The van der Waals surface area contributed by atoms with Gasteiger partial charge in [-0.2, -0.15) is 0 Å². The van der Waals surface area contributed by atoms with E-state index in [0.717, 1.165) is 0 Å². The molecule has 4 heterocycles. The van der Waals surface area contributed by atoms with Crippen molar-refractivity contribution in [3.8, 4) is 27.9 Å². The Hall–Kier alpha value is -5.58. The fourth-order valence-corrected chi connectivity index (χ4v) is 14.7. The van der Waals surface area contributed by atoms with Crippen LogP contribution in [-0.2, 0) is 32.5 Å². The molecule has 4 aliphatic rings. The minimum atomic E-state index is -0.188. The number of nitrogens with zero attached hydrogens (tertiary/aromatic N) is 2. The maximum absolute atomic E-state index is 2.78. The fraction of sp³-hybridized carbons (Fsp3) is 0.354. The van der Waals surface area contributed by atoms with E-state index >= 15 is 0 Å². The standard InChI is InChI=1S/C65H67BN2S/c1-60(2,3)36-20-24-39(25-21-36)68-52-35-46-41(42-33-47-48(34-45(42)65(46,14)15)64(12,13)29-28-63(47,10)11)32-44(52)56-57-58-54(55-40-18-16-17-19-53(40)69-59(55)56)43-30-37(61(4,5)6)22-26-50(43)67(58)51-27-23-38(62(7,8)9)31-49(51)66(57)68/h16-27,30-35H,28-29H2,1-15H3. The summed E-state index contributed by atoms with van der Waals surface area (Å²) in [6.07, 6.45) is 2.41. The first-order valence-electron chi connectivity index (χ1n) is 25.8. The van der Waals surface area contributed by atoms with E-state index in [0.29, 0.717) is 0 Å². The van der Waals surface area contributed by atoms with Gasteiger partial charge in [0.15, 0.2) is 0 Å². The highest BCUT2D eigenvalue weighted by atomic mass is 32.1. The molecule has 2 aliphatic heterocycles. The smallest absolute Gasteiger partial charge is 0.333 e. The lowest BCUT2D eigenvalue weighted by Gasteiger charge is -2.43. The number of thiophene rings is 1. The molecule has 13 rings (SSSR count). The Morgan fingerprint density at radius 1 is 0.522 bits per heavy atom. The number of hydrogen-bond donors (Lipinski definition) is 0. The summed E-state index contributed by atoms with van der Waals surface area (Å²) >= 11 is 2.01. The first-order valence-corrected chi connectivity index (χ1v) is 26.6. The predicted molar refractivity (Wildman–Crippen MR) is 302 cm³/mol. The topological polar surface area (TPSA) is 8.17 Å². The van der Waals surface area contributed by atoms with Gasteiger partial charge in [0.2, 0.25) is 0 Å². The van der Waals surface area contributed by atoms with E-state index in [9.17, 15) is 0 Å². The van der Waals surface area contributed by atoms with Gasteiger partial charge in [0, 0.05) is 64.5 Å². The van der Waals surface area contributed by atoms with E-state index in [1.807, 2.05) is 11.3 Å². The molecule has 69 heavy (non-hydrogen) atoms. The van der Waals surface area contributed by atoms with Crippen LogP contribution in [0.3, 0.4) is 0 Å². The van der Waals surface area contributed by atoms with E-state index in [1.165, 1.54) is 138 Å². The summed E-state index contributed by atoms with van der Waals surface area (Å²) in [5.41, 5.74) is 25.0. The van der Waals surface area contributed by atoms with Crippen LogP contribution in [0.2, 0.25) is 0 Å². The Kier molecular flexibility index (Phi) is 8.46. The second-order valence-corrected chi connectivity index (χ2v) is 27.5. The Morgan fingerprint density at radius 3 is 1.80 bits per heavy atom. The van der Waals surface area contributed by atoms with Gasteiger partial charge in [-0.15, -0.1) is 11.3 Å². The molecule has 346 valence electrons. The molecular weight excluding hydrogens is 852 g/mol. The molecule has 4 heteroatoms. The van der Waals surface area contributed by atoms with Gasteiger partial charge in [0.05, 0.1) is 11.0 Å². The summed E-state index contributed by atoms with van der Waals surface area (Å²) < 4.78 is 5.45. The highest BCUT2D eigenvalue weighted by molar-refractivity contribution is 7.27. The molecule has 0 N–H and O–H groups in total. The molecule has 0 atom stereocenters. The van der Waals surface area contributed by atoms with E-state index < -0.39 is 0 Å². The largest absolute Gasteiger partial charge is 0.376 e. The van der Waals surface area contributed by atoms with Gasteiger partial charge in [-0.3, -0.25) is 0 Å². The molecule has 0 spiro atoms. The first kappa shape index (κ1) is 43.4. The molecule has 0 saturated heterocycles. The SMILES string of the molecule is CC(C)(C)c1ccc(N2B3c4cc(C(C)(C)C)ccc4-n4c5ccc(C(C)(C)C)cc5c5c6c(sc7ccccc76)c(c3c54)-c3cc4c(cc32)C(C)(C)c2cc3c(cc2-4)C(C)(C)CCC3(C)C)cc1. The van der Waals surface area contributed by atoms with Crippen LogP contribution in [0.4, 0.5) is 11.4 Å². The van der Waals surface area contributed by atoms with Crippen LogP contribution in [0.1, 0.15) is 156 Å². The Balaban J connectivity index is 1.24. The van der Waals surface area contributed by atoms with Crippen LogP contribution in [0.25, 0.3) is 69.9 Å². The van der Waals surface area contributed by atoms with E-state index in [2.05, 4.69) is 222 Å². The molecule has 0 amide bonds. The van der Waals surface area contributed by atoms with Crippen LogP contribution in [0.15, 0.2) is 109 Å². The lowest BCUT2D eigenvalue weighted by Crippen LogP contribution is -2.60. The zero-order valence-electron chi connectivity index (χ0n) is 43.7. The molecule has 9 aromatic rings. The van der Waals surface area contributed by atoms with Gasteiger partial charge in [-0.1, -0.05) is 158 Å². The third-order valence-electron chi connectivity index (χ3n) is 17.7. The summed E-state index contributed by atoms with van der Waals surface area (Å²) in [7, 11) is 0. The van der Waals surface area contributed by atoms with Gasteiger partial charge in [0.1, 0.15) is 0 Å². The summed E-state index contributed by atoms with van der Waals surface area (Å²) in [4.78, 5) is 2.78. The second kappa shape index (κ2) is 13.4. The fourth-order valence-electron chi connectivity index (χ4n) is 13.4. The van der Waals surface area contributed by atoms with Crippen molar-refractivity contribution < 1.29 is 0 Å². The van der Waals surface area contributed by atoms with Crippen molar-refractivity contribution in [2.45, 2.75) is 149 Å². The minimum Gasteiger partial charge on any atom is -0.376 e. The van der Waals surface area contributed by atoms with Crippen molar-refractivity contribution in [1.82, 2.24) is 4.57 Å². The van der Waals surface area contributed by atoms with Gasteiger partial charge in [-0.05, 0) is 156 Å². The van der Waals surface area contributed by atoms with Crippen molar-refractivity contribution >= 4 is 82.5 Å². The number of aromatic nitrogens is 1. The van der Waals surface area contributed by atoms with Crippen LogP contribution in [0, 0.1) is 0 Å². The number of hydrogen-bond acceptors (Lipinski definition) is 2. The molecule has 0 bridgehead atoms. The zero-order chi connectivity index (χ0) is 48.4. The predicted octanol–water partition coefficient (Wildman–Crippen LogP) is 16.9. The third-order valence-corrected chi connectivity index (χ3v) is 18.9. The van der Waals surface area contributed by atoms with E-state index in [1.54, 1.807) is 5.56 Å². The normalized spacial score (nSPS) is 17.4. The lowest BCUT2D eigenvalue weighted by atomic mass is 9.43. The molecule has 2 aromatic heterocycles. The zero-order valence-corrected chi connectivity index (χ0v) is 44.5. The van der Waals surface area contributed by atoms with Crippen LogP contribution in [-0.4, -0.2) is 11.4 Å². The molecule has 2 aliphatic carbocycles. The summed E-state index contributed by atoms with van der Waals surface area (Å²) in [6.45, 7) is 36.0. The maximum atomic E-state index is 2.78. The van der Waals surface area contributed by atoms with Gasteiger partial charge in [-0.25, -0.2) is 0 Å². The molecule has 0 fully saturated rings. The van der Waals surface area contributed by atoms with E-state index in [-0.39, 0.29) is 39.3 Å². The molecule has 0 saturated carbocycles. The summed E-state index contributed by atoms with van der Waals surface area (Å²) in [6, 6.07) is 44.4. The average Bonchev–Trinajstić information content (AvgIpc) is 3.91. The van der Waals surface area contributed by atoms with Crippen molar-refractivity contribution in [2.24, 2.45) is 0 Å². The first-order chi connectivity index (χ1) is 32.4. The maximum Gasteiger partial charge on any atom is 0.333 e. The number of rotatable bonds is 1. The van der Waals surface area contributed by atoms with Crippen molar-refractivity contribution in [3.63, 3.8) is 0 Å². The van der Waals surface area contributed by atoms with Gasteiger partial charge >= 0.3 is 6.85 Å². The van der Waals surface area contributed by atoms with Crippen LogP contribution in [0.5, 0.6) is 0 Å². The third kappa shape index (κ3) is 5.79. The quantitative estimate of drug-likeness (QED) is 0.149. The lowest BCUT2D eigenvalue weighted by molar-refractivity contribution is 0.331. The van der Waals surface area contributed by atoms with Crippen molar-refractivity contribution in [2.75, 3.05) is 4.81 Å². The Labute approximate surface area is 414 Å². The molecule has 2 nitrogen and oxygen atoms in total. The molecule has 7 aromatic carbocycles. The molecule has 0 unspecified atom stereocenters. The summed E-state index contributed by atoms with van der Waals surface area (Å²) in [5.74, 6) is 0. The van der Waals surface area contributed by atoms with Crippen molar-refractivity contribution in [3.05, 3.63) is 148 Å². The Morgan fingerprint density at radius 2 is 1.12 bits per heavy atom. The van der Waals surface area contributed by atoms with Crippen LogP contribution < -0.4 is 15.7 Å². The minimum absolute atomic E-state index is 0.00149. The molecular formula is C65H67BN2S. The highest BCUT2D eigenvalue weighted by Gasteiger charge is 2.49. The van der Waals surface area contributed by atoms with Gasteiger partial charge < -0.3 is 9.38 Å². The number of anilines is 2. The van der Waals surface area contributed by atoms with Crippen molar-refractivity contribution in [1.29, 1.82) is 0 Å². The van der Waals surface area contributed by atoms with Gasteiger partial charge in [0.25, 0.3) is 0 Å². The summed E-state index contributed by atoms with van der Waals surface area (Å²) in [5, 5.41) is 5.51. The number of benzene rings is 7. The van der Waals surface area contributed by atoms with Crippen LogP contribution >= 0.6 is 11.3 Å². The number of fused-ring (bicyclic) bond motifs is 17. The highest BCUT2D eigenvalue weighted by Crippen LogP contribution is 2.59. The average molecular weight is 919 g/mol. The second-order valence-electron chi connectivity index (χ2n) is 26.5. The monoisotopic (exact) mass is 919 g/mol. The Bertz CT molecular complexity index is 3750. The molecule has 0 radical (unpaired) electrons.